The van der Waals surface area contributed by atoms with E-state index in [4.69, 9.17) is 4.74 Å². The van der Waals surface area contributed by atoms with Crippen LogP contribution in [0.1, 0.15) is 51.3 Å². The van der Waals surface area contributed by atoms with Crippen molar-refractivity contribution in [3.63, 3.8) is 0 Å². The highest BCUT2D eigenvalue weighted by Crippen LogP contribution is 2.25. The van der Waals surface area contributed by atoms with E-state index in [1.807, 2.05) is 18.2 Å². The molecule has 182 valence electrons. The van der Waals surface area contributed by atoms with Gasteiger partial charge in [-0.2, -0.15) is 0 Å². The first-order valence-electron chi connectivity index (χ1n) is 11.7. The molecule has 8 heteroatoms. The Kier molecular flexibility index (Phi) is 7.00. The average Bonchev–Trinajstić information content (AvgIpc) is 3.31. The lowest BCUT2D eigenvalue weighted by molar-refractivity contribution is -0.131. The summed E-state index contributed by atoms with van der Waals surface area (Å²) in [5, 5.41) is 0.490. The molecule has 1 aromatic heterocycles. The molecule has 3 aromatic rings. The average molecular weight is 476 g/mol. The van der Waals surface area contributed by atoms with Crippen molar-refractivity contribution in [3.8, 4) is 0 Å². The maximum absolute atomic E-state index is 13.4. The van der Waals surface area contributed by atoms with Gasteiger partial charge < -0.3 is 19.5 Å². The molecule has 2 heterocycles. The van der Waals surface area contributed by atoms with Crippen LogP contribution in [0.5, 0.6) is 0 Å². The second kappa shape index (κ2) is 10.1. The Morgan fingerprint density at radius 2 is 1.74 bits per heavy atom. The summed E-state index contributed by atoms with van der Waals surface area (Å²) in [5.41, 5.74) is 1.56. The van der Waals surface area contributed by atoms with Crippen LogP contribution in [0.25, 0.3) is 10.9 Å². The molecular weight excluding hydrogens is 446 g/mol. The summed E-state index contributed by atoms with van der Waals surface area (Å²) in [4.78, 5) is 58.1. The highest BCUT2D eigenvalue weighted by Gasteiger charge is 2.36. The molecule has 1 aliphatic heterocycles. The number of fused-ring (bicyclic) bond motifs is 1. The van der Waals surface area contributed by atoms with Gasteiger partial charge >= 0.3 is 5.97 Å². The number of piperazine rings is 1. The van der Waals surface area contributed by atoms with E-state index in [1.54, 1.807) is 40.1 Å². The third-order valence-corrected chi connectivity index (χ3v) is 6.35. The van der Waals surface area contributed by atoms with Gasteiger partial charge in [0.15, 0.2) is 0 Å². The lowest BCUT2D eigenvalue weighted by Gasteiger charge is -2.42. The molecule has 8 nitrogen and oxygen atoms in total. The number of hydrogen-bond donors (Lipinski definition) is 1. The molecule has 0 bridgehead atoms. The van der Waals surface area contributed by atoms with Gasteiger partial charge in [0.1, 0.15) is 0 Å². The number of benzene rings is 2. The van der Waals surface area contributed by atoms with Crippen LogP contribution >= 0.6 is 0 Å². The standard InChI is InChI=1S/C27H29N3O5/c1-17(2)14-19-16-29(25(32)18-8-5-4-6-9-18)12-13-30(19)26(33)24(31)22-15-28-23-20(22)10-7-11-21(23)27(34)35-3/h4-11,15,17,19,28H,12-14,16H2,1-3H3. The van der Waals surface area contributed by atoms with Gasteiger partial charge in [-0.15, -0.1) is 0 Å². The van der Waals surface area contributed by atoms with Gasteiger partial charge in [-0.05, 0) is 30.5 Å². The maximum Gasteiger partial charge on any atom is 0.339 e. The number of nitrogens with one attached hydrogen (secondary N) is 1. The van der Waals surface area contributed by atoms with E-state index in [2.05, 4.69) is 18.8 Å². The number of nitrogens with zero attached hydrogens (tertiary/aromatic N) is 2. The number of methoxy groups -OCH3 is 1. The molecule has 0 saturated carbocycles. The molecule has 1 saturated heterocycles. The molecular formula is C27H29N3O5. The number of para-hydroxylation sites is 1. The Labute approximate surface area is 203 Å². The van der Waals surface area contributed by atoms with E-state index in [1.165, 1.54) is 13.3 Å². The van der Waals surface area contributed by atoms with Crippen LogP contribution < -0.4 is 0 Å². The second-order valence-corrected chi connectivity index (χ2v) is 9.15. The molecule has 0 spiro atoms. The Balaban J connectivity index is 1.58. The fourth-order valence-electron chi connectivity index (χ4n) is 4.68. The summed E-state index contributed by atoms with van der Waals surface area (Å²) < 4.78 is 4.82. The lowest BCUT2D eigenvalue weighted by atomic mass is 9.98. The Bertz CT molecular complexity index is 1260. The maximum atomic E-state index is 13.4. The number of amides is 2. The van der Waals surface area contributed by atoms with Crippen LogP contribution in [0.4, 0.5) is 0 Å². The topological polar surface area (TPSA) is 99.8 Å². The number of Topliss-reactive ketones (excluding diaryl/α,β-unsaturated/α-hetero) is 1. The number of esters is 1. The van der Waals surface area contributed by atoms with Gasteiger partial charge in [0.25, 0.3) is 17.6 Å². The molecule has 4 rings (SSSR count). The van der Waals surface area contributed by atoms with Crippen molar-refractivity contribution in [2.24, 2.45) is 5.92 Å². The molecule has 2 amide bonds. The van der Waals surface area contributed by atoms with Crippen molar-refractivity contribution in [2.75, 3.05) is 26.7 Å². The molecule has 0 radical (unpaired) electrons. The Morgan fingerprint density at radius 1 is 1.00 bits per heavy atom. The van der Waals surface area contributed by atoms with Gasteiger partial charge in [0.05, 0.1) is 29.8 Å². The molecule has 35 heavy (non-hydrogen) atoms. The van der Waals surface area contributed by atoms with Crippen LogP contribution in [-0.2, 0) is 9.53 Å². The SMILES string of the molecule is COC(=O)c1cccc2c(C(=O)C(=O)N3CCN(C(=O)c4ccccc4)CC3CC(C)C)c[nH]c12. The number of carbonyl (C=O) groups excluding carboxylic acids is 4. The van der Waals surface area contributed by atoms with E-state index in [-0.39, 0.29) is 30.0 Å². The zero-order chi connectivity index (χ0) is 25.1. The summed E-state index contributed by atoms with van der Waals surface area (Å²) >= 11 is 0. The van der Waals surface area contributed by atoms with Crippen LogP contribution in [0.2, 0.25) is 0 Å². The lowest BCUT2D eigenvalue weighted by Crippen LogP contribution is -2.58. The summed E-state index contributed by atoms with van der Waals surface area (Å²) in [5.74, 6) is -1.58. The predicted molar refractivity (Wildman–Crippen MR) is 131 cm³/mol. The number of H-pyrrole nitrogens is 1. The minimum atomic E-state index is -0.644. The quantitative estimate of drug-likeness (QED) is 0.334. The van der Waals surface area contributed by atoms with Gasteiger partial charge in [-0.3, -0.25) is 14.4 Å². The number of aromatic amines is 1. The van der Waals surface area contributed by atoms with Crippen molar-refractivity contribution in [2.45, 2.75) is 26.3 Å². The van der Waals surface area contributed by atoms with E-state index in [0.717, 1.165) is 0 Å². The van der Waals surface area contributed by atoms with E-state index >= 15 is 0 Å². The minimum absolute atomic E-state index is 0.0789. The predicted octanol–water partition coefficient (Wildman–Crippen LogP) is 3.54. The summed E-state index contributed by atoms with van der Waals surface area (Å²) in [7, 11) is 1.29. The van der Waals surface area contributed by atoms with Crippen LogP contribution in [0.15, 0.2) is 54.7 Å². The summed E-state index contributed by atoms with van der Waals surface area (Å²) in [6.45, 7) is 5.09. The first kappa shape index (κ1) is 24.2. The molecule has 1 atom stereocenters. The molecule has 2 aromatic carbocycles. The van der Waals surface area contributed by atoms with Crippen molar-refractivity contribution in [3.05, 3.63) is 71.4 Å². The number of hydrogen-bond acceptors (Lipinski definition) is 5. The normalized spacial score (nSPS) is 15.9. The highest BCUT2D eigenvalue weighted by atomic mass is 16.5. The molecule has 1 unspecified atom stereocenters. The van der Waals surface area contributed by atoms with Crippen molar-refractivity contribution in [1.29, 1.82) is 0 Å². The third kappa shape index (κ3) is 4.82. The second-order valence-electron chi connectivity index (χ2n) is 9.15. The molecule has 0 aliphatic carbocycles. The van der Waals surface area contributed by atoms with Crippen molar-refractivity contribution < 1.29 is 23.9 Å². The molecule has 1 fully saturated rings. The molecule has 1 N–H and O–H groups in total. The number of carbonyl (C=O) groups is 4. The van der Waals surface area contributed by atoms with Gasteiger partial charge in [-0.1, -0.05) is 44.2 Å². The van der Waals surface area contributed by atoms with E-state index in [9.17, 15) is 19.2 Å². The van der Waals surface area contributed by atoms with Crippen molar-refractivity contribution in [1.82, 2.24) is 14.8 Å². The van der Waals surface area contributed by atoms with Gasteiger partial charge in [-0.25, -0.2) is 4.79 Å². The smallest absolute Gasteiger partial charge is 0.339 e. The number of ether oxygens (including phenoxy) is 1. The van der Waals surface area contributed by atoms with E-state index < -0.39 is 17.7 Å². The fraction of sp³-hybridized carbons (Fsp3) is 0.333. The zero-order valence-corrected chi connectivity index (χ0v) is 20.1. The Hall–Kier alpha value is -3.94. The monoisotopic (exact) mass is 475 g/mol. The summed E-state index contributed by atoms with van der Waals surface area (Å²) in [6.07, 6.45) is 2.13. The third-order valence-electron chi connectivity index (χ3n) is 6.35. The minimum Gasteiger partial charge on any atom is -0.465 e. The number of rotatable bonds is 6. The van der Waals surface area contributed by atoms with Crippen molar-refractivity contribution >= 4 is 34.5 Å². The summed E-state index contributed by atoms with van der Waals surface area (Å²) in [6, 6.07) is 13.7. The Morgan fingerprint density at radius 3 is 2.43 bits per heavy atom. The number of ketones is 1. The first-order valence-corrected chi connectivity index (χ1v) is 11.7. The van der Waals surface area contributed by atoms with Gasteiger partial charge in [0, 0.05) is 36.8 Å². The molecule has 1 aliphatic rings. The zero-order valence-electron chi connectivity index (χ0n) is 20.1. The van der Waals surface area contributed by atoms with Gasteiger partial charge in [0.2, 0.25) is 0 Å². The van der Waals surface area contributed by atoms with Crippen LogP contribution in [0.3, 0.4) is 0 Å². The van der Waals surface area contributed by atoms with Crippen LogP contribution in [-0.4, -0.2) is 71.1 Å². The largest absolute Gasteiger partial charge is 0.465 e. The van der Waals surface area contributed by atoms with Crippen LogP contribution in [0, 0.1) is 5.92 Å². The number of aromatic nitrogens is 1. The highest BCUT2D eigenvalue weighted by molar-refractivity contribution is 6.45. The fourth-order valence-corrected chi connectivity index (χ4v) is 4.68. The van der Waals surface area contributed by atoms with E-state index in [0.29, 0.717) is 41.5 Å². The first-order chi connectivity index (χ1) is 16.8.